The van der Waals surface area contributed by atoms with Crippen LogP contribution in [0.5, 0.6) is 0 Å². The van der Waals surface area contributed by atoms with E-state index in [-0.39, 0.29) is 11.6 Å². The zero-order chi connectivity index (χ0) is 9.84. The first-order chi connectivity index (χ1) is 6.19. The Morgan fingerprint density at radius 1 is 1.77 bits per heavy atom. The number of hydrogen-bond donors (Lipinski definition) is 3. The molecule has 1 heterocycles. The topological polar surface area (TPSA) is 69.8 Å². The molecule has 0 unspecified atom stereocenters. The van der Waals surface area contributed by atoms with Crippen LogP contribution in [0.3, 0.4) is 0 Å². The van der Waals surface area contributed by atoms with Crippen molar-refractivity contribution in [1.29, 1.82) is 0 Å². The van der Waals surface area contributed by atoms with Crippen LogP contribution >= 0.6 is 0 Å². The van der Waals surface area contributed by atoms with Crippen molar-refractivity contribution in [2.24, 2.45) is 0 Å². The summed E-state index contributed by atoms with van der Waals surface area (Å²) in [6.45, 7) is 3.45. The molecule has 13 heavy (non-hydrogen) atoms. The average Bonchev–Trinajstić information content (AvgIpc) is 2.46. The number of nitrogens with one attached hydrogen (secondary N) is 3. The number of amides is 1. The number of aromatic nitrogens is 2. The third-order valence-corrected chi connectivity index (χ3v) is 1.42. The van der Waals surface area contributed by atoms with Gasteiger partial charge in [0, 0.05) is 7.05 Å². The summed E-state index contributed by atoms with van der Waals surface area (Å²) in [5.74, 6) is 0.0837. The largest absolute Gasteiger partial charge is 0.354 e. The van der Waals surface area contributed by atoms with Crippen molar-refractivity contribution < 1.29 is 4.79 Å². The second-order valence-electron chi connectivity index (χ2n) is 2.27. The SMILES string of the molecule is [B]c1nc(NC=C)c(C(=O)NC)[nH]1. The molecule has 0 aromatic carbocycles. The highest BCUT2D eigenvalue weighted by Crippen LogP contribution is 2.06. The Balaban J connectivity index is 3.03. The van der Waals surface area contributed by atoms with E-state index in [0.29, 0.717) is 11.5 Å². The van der Waals surface area contributed by atoms with Gasteiger partial charge in [-0.1, -0.05) is 6.58 Å². The molecular formula is C7H9BN4O. The molecule has 3 N–H and O–H groups in total. The van der Waals surface area contributed by atoms with Crippen LogP contribution in [-0.2, 0) is 0 Å². The second-order valence-corrected chi connectivity index (χ2v) is 2.27. The summed E-state index contributed by atoms with van der Waals surface area (Å²) in [4.78, 5) is 17.7. The van der Waals surface area contributed by atoms with E-state index >= 15 is 0 Å². The molecule has 1 aromatic heterocycles. The van der Waals surface area contributed by atoms with Crippen molar-refractivity contribution in [1.82, 2.24) is 15.3 Å². The molecule has 0 spiro atoms. The molecule has 0 saturated carbocycles. The predicted molar refractivity (Wildman–Crippen MR) is 51.2 cm³/mol. The molecule has 6 heteroatoms. The van der Waals surface area contributed by atoms with Crippen molar-refractivity contribution in [3.63, 3.8) is 0 Å². The number of hydrogen-bond acceptors (Lipinski definition) is 3. The summed E-state index contributed by atoms with van der Waals surface area (Å²) in [7, 11) is 6.91. The molecule has 0 fully saturated rings. The Morgan fingerprint density at radius 2 is 2.46 bits per heavy atom. The Morgan fingerprint density at radius 3 is 3.00 bits per heavy atom. The van der Waals surface area contributed by atoms with Gasteiger partial charge in [-0.15, -0.1) is 0 Å². The van der Waals surface area contributed by atoms with Gasteiger partial charge in [-0.25, -0.2) is 4.98 Å². The van der Waals surface area contributed by atoms with Crippen LogP contribution in [0.1, 0.15) is 10.5 Å². The number of rotatable bonds is 3. The third-order valence-electron chi connectivity index (χ3n) is 1.42. The Labute approximate surface area is 77.0 Å². The summed E-state index contributed by atoms with van der Waals surface area (Å²) < 4.78 is 0. The number of imidazole rings is 1. The number of H-pyrrole nitrogens is 1. The van der Waals surface area contributed by atoms with Gasteiger partial charge in [0.15, 0.2) is 13.7 Å². The Bertz CT molecular complexity index is 333. The van der Waals surface area contributed by atoms with Gasteiger partial charge in [0.05, 0.1) is 5.72 Å². The molecular weight excluding hydrogens is 167 g/mol. The minimum absolute atomic E-state index is 0.183. The summed E-state index contributed by atoms with van der Waals surface area (Å²) in [5.41, 5.74) is 0.475. The molecule has 0 aliphatic carbocycles. The monoisotopic (exact) mass is 176 g/mol. The molecule has 0 atom stereocenters. The molecule has 66 valence electrons. The smallest absolute Gasteiger partial charge is 0.271 e. The Kier molecular flexibility index (Phi) is 2.74. The maximum atomic E-state index is 11.2. The highest BCUT2D eigenvalue weighted by atomic mass is 16.1. The number of carbonyl (C=O) groups is 1. The van der Waals surface area contributed by atoms with Crippen LogP contribution < -0.4 is 16.4 Å². The van der Waals surface area contributed by atoms with Crippen LogP contribution in [-0.4, -0.2) is 30.8 Å². The van der Waals surface area contributed by atoms with E-state index in [1.807, 2.05) is 0 Å². The molecule has 1 aromatic rings. The molecule has 1 rings (SSSR count). The van der Waals surface area contributed by atoms with E-state index in [0.717, 1.165) is 0 Å². The lowest BCUT2D eigenvalue weighted by Gasteiger charge is -1.99. The summed E-state index contributed by atoms with van der Waals surface area (Å²) in [6.07, 6.45) is 1.42. The fourth-order valence-electron chi connectivity index (χ4n) is 0.882. The van der Waals surface area contributed by atoms with E-state index in [1.54, 1.807) is 0 Å². The first-order valence-corrected chi connectivity index (χ1v) is 3.64. The van der Waals surface area contributed by atoms with Crippen molar-refractivity contribution in [2.45, 2.75) is 0 Å². The quantitative estimate of drug-likeness (QED) is 0.523. The maximum absolute atomic E-state index is 11.2. The van der Waals surface area contributed by atoms with Gasteiger partial charge in [-0.2, -0.15) is 0 Å². The van der Waals surface area contributed by atoms with E-state index in [4.69, 9.17) is 7.85 Å². The zero-order valence-electron chi connectivity index (χ0n) is 7.22. The van der Waals surface area contributed by atoms with Gasteiger partial charge in [-0.05, 0) is 6.20 Å². The summed E-state index contributed by atoms with van der Waals surface area (Å²) in [5, 5.41) is 5.15. The van der Waals surface area contributed by atoms with Crippen molar-refractivity contribution in [3.05, 3.63) is 18.5 Å². The molecule has 5 nitrogen and oxygen atoms in total. The van der Waals surface area contributed by atoms with Gasteiger partial charge in [0.25, 0.3) is 5.91 Å². The number of carbonyl (C=O) groups excluding carboxylic acids is 1. The average molecular weight is 176 g/mol. The molecule has 2 radical (unpaired) electrons. The van der Waals surface area contributed by atoms with Crippen LogP contribution in [0, 0.1) is 0 Å². The fourth-order valence-corrected chi connectivity index (χ4v) is 0.882. The lowest BCUT2D eigenvalue weighted by atomic mass is 10.1. The summed E-state index contributed by atoms with van der Waals surface area (Å²) >= 11 is 0. The third kappa shape index (κ3) is 1.90. The van der Waals surface area contributed by atoms with Crippen molar-refractivity contribution in [3.8, 4) is 0 Å². The van der Waals surface area contributed by atoms with Crippen LogP contribution in [0.4, 0.5) is 5.82 Å². The van der Waals surface area contributed by atoms with E-state index in [9.17, 15) is 4.79 Å². The number of anilines is 1. The highest BCUT2D eigenvalue weighted by Gasteiger charge is 2.12. The normalized spacial score (nSPS) is 9.31. The van der Waals surface area contributed by atoms with Crippen LogP contribution in [0.25, 0.3) is 0 Å². The van der Waals surface area contributed by atoms with E-state index in [1.165, 1.54) is 13.2 Å². The molecule has 1 amide bonds. The van der Waals surface area contributed by atoms with Crippen LogP contribution in [0.15, 0.2) is 12.8 Å². The first kappa shape index (κ1) is 9.37. The molecule has 0 aliphatic rings. The summed E-state index contributed by atoms with van der Waals surface area (Å²) in [6, 6.07) is 0. The highest BCUT2D eigenvalue weighted by molar-refractivity contribution is 6.29. The standard InChI is InChI=1S/C7H9BN4O/c1-3-10-5-4(6(13)9-2)11-7(8)12-5/h3,10H,1H2,2H3,(H,9,13)(H,11,12). The molecule has 0 aliphatic heterocycles. The van der Waals surface area contributed by atoms with Crippen molar-refractivity contribution in [2.75, 3.05) is 12.4 Å². The fraction of sp³-hybridized carbons (Fsp3) is 0.143. The minimum atomic E-state index is -0.284. The Hall–Kier alpha value is -1.72. The molecule has 0 saturated heterocycles. The van der Waals surface area contributed by atoms with Crippen molar-refractivity contribution >= 4 is 25.3 Å². The zero-order valence-corrected chi connectivity index (χ0v) is 7.22. The van der Waals surface area contributed by atoms with Gasteiger partial charge in [0.1, 0.15) is 5.69 Å². The van der Waals surface area contributed by atoms with E-state index < -0.39 is 0 Å². The maximum Gasteiger partial charge on any atom is 0.271 e. The minimum Gasteiger partial charge on any atom is -0.354 e. The van der Waals surface area contributed by atoms with Gasteiger partial charge >= 0.3 is 0 Å². The van der Waals surface area contributed by atoms with Gasteiger partial charge < -0.3 is 15.6 Å². The lowest BCUT2D eigenvalue weighted by Crippen LogP contribution is -2.20. The first-order valence-electron chi connectivity index (χ1n) is 3.64. The second kappa shape index (κ2) is 3.80. The number of aromatic amines is 1. The van der Waals surface area contributed by atoms with Gasteiger partial charge in [-0.3, -0.25) is 4.79 Å². The number of nitrogens with zero attached hydrogens (tertiary/aromatic N) is 1. The van der Waals surface area contributed by atoms with Crippen LogP contribution in [0.2, 0.25) is 0 Å². The van der Waals surface area contributed by atoms with Gasteiger partial charge in [0.2, 0.25) is 0 Å². The lowest BCUT2D eigenvalue weighted by molar-refractivity contribution is 0.0959. The predicted octanol–water partition coefficient (Wildman–Crippen LogP) is -0.882. The van der Waals surface area contributed by atoms with E-state index in [2.05, 4.69) is 27.2 Å². The molecule has 0 bridgehead atoms.